The van der Waals surface area contributed by atoms with Crippen LogP contribution in [0.4, 0.5) is 9.59 Å². The van der Waals surface area contributed by atoms with Gasteiger partial charge in [0.1, 0.15) is 12.2 Å². The number of carbonyl (C=O) groups is 2. The number of carbonyl (C=O) groups excluding carboxylic acids is 2. The molecule has 0 saturated carbocycles. The van der Waals surface area contributed by atoms with Crippen LogP contribution in [0.5, 0.6) is 0 Å². The summed E-state index contributed by atoms with van der Waals surface area (Å²) in [6.45, 7) is 14.9. The molecule has 0 fully saturated rings. The van der Waals surface area contributed by atoms with Crippen molar-refractivity contribution < 1.29 is 34.0 Å². The van der Waals surface area contributed by atoms with Crippen LogP contribution in [0.1, 0.15) is 55.4 Å². The molecule has 0 radical (unpaired) electrons. The number of hydrogen-bond acceptors (Lipinski definition) is 7. The fourth-order valence-electron chi connectivity index (χ4n) is 0.959. The lowest BCUT2D eigenvalue weighted by molar-refractivity contribution is 0.0130. The standard InChI is InChI=1S/C12H22O5.C8H10O2/c1-11(2,3)7-15-9(13)17-10(14)16-8-12(4,5)6;1-7(9)5-3-4-6-8(2)10/h7-8H2,1-6H3;7-10H,1-2H3. The molecule has 7 heteroatoms. The van der Waals surface area contributed by atoms with Crippen molar-refractivity contribution in [3.05, 3.63) is 0 Å². The molecule has 0 saturated heterocycles. The summed E-state index contributed by atoms with van der Waals surface area (Å²) in [5.74, 6) is 9.63. The van der Waals surface area contributed by atoms with Gasteiger partial charge in [-0.15, -0.1) is 0 Å². The first-order chi connectivity index (χ1) is 12.1. The fourth-order valence-corrected chi connectivity index (χ4v) is 0.959. The van der Waals surface area contributed by atoms with Crippen LogP contribution in [0, 0.1) is 34.5 Å². The maximum Gasteiger partial charge on any atom is 0.518 e. The van der Waals surface area contributed by atoms with E-state index in [4.69, 9.17) is 19.7 Å². The maximum absolute atomic E-state index is 11.1. The Hall–Kier alpha value is -2.22. The van der Waals surface area contributed by atoms with Crippen LogP contribution in [0.2, 0.25) is 0 Å². The van der Waals surface area contributed by atoms with Gasteiger partial charge in [0.25, 0.3) is 0 Å². The zero-order valence-electron chi connectivity index (χ0n) is 17.5. The molecule has 154 valence electrons. The summed E-state index contributed by atoms with van der Waals surface area (Å²) in [5.41, 5.74) is -0.345. The molecule has 27 heavy (non-hydrogen) atoms. The molecule has 0 aromatic carbocycles. The van der Waals surface area contributed by atoms with Crippen LogP contribution in [0.3, 0.4) is 0 Å². The van der Waals surface area contributed by atoms with Gasteiger partial charge in [-0.05, 0) is 36.5 Å². The minimum atomic E-state index is -1.03. The zero-order valence-corrected chi connectivity index (χ0v) is 17.5. The van der Waals surface area contributed by atoms with Crippen molar-refractivity contribution in [3.8, 4) is 23.7 Å². The number of hydrogen-bond donors (Lipinski definition) is 2. The second-order valence-electron chi connectivity index (χ2n) is 8.19. The quantitative estimate of drug-likeness (QED) is 0.428. The monoisotopic (exact) mass is 384 g/mol. The van der Waals surface area contributed by atoms with Gasteiger partial charge in [0.15, 0.2) is 0 Å². The molecule has 0 aliphatic carbocycles. The molecule has 0 spiro atoms. The van der Waals surface area contributed by atoms with Gasteiger partial charge in [-0.1, -0.05) is 53.4 Å². The highest BCUT2D eigenvalue weighted by Crippen LogP contribution is 2.14. The molecule has 7 nitrogen and oxygen atoms in total. The highest BCUT2D eigenvalue weighted by Gasteiger charge is 2.20. The molecule has 0 heterocycles. The lowest BCUT2D eigenvalue weighted by atomic mass is 9.99. The topological polar surface area (TPSA) is 102 Å². The van der Waals surface area contributed by atoms with E-state index in [0.717, 1.165) is 0 Å². The van der Waals surface area contributed by atoms with E-state index in [9.17, 15) is 9.59 Å². The first-order valence-electron chi connectivity index (χ1n) is 8.51. The highest BCUT2D eigenvalue weighted by molar-refractivity contribution is 5.76. The van der Waals surface area contributed by atoms with Gasteiger partial charge in [0.05, 0.1) is 13.2 Å². The summed E-state index contributed by atoms with van der Waals surface area (Å²) in [4.78, 5) is 22.2. The molecule has 0 amide bonds. The van der Waals surface area contributed by atoms with Crippen molar-refractivity contribution in [2.45, 2.75) is 67.6 Å². The molecule has 0 aliphatic heterocycles. The number of rotatable bonds is 2. The Morgan fingerprint density at radius 1 is 0.778 bits per heavy atom. The Balaban J connectivity index is 0. The Morgan fingerprint density at radius 3 is 1.30 bits per heavy atom. The molecule has 0 rings (SSSR count). The lowest BCUT2D eigenvalue weighted by Crippen LogP contribution is -2.23. The largest absolute Gasteiger partial charge is 0.518 e. The van der Waals surface area contributed by atoms with E-state index < -0.39 is 24.5 Å². The van der Waals surface area contributed by atoms with Crippen LogP contribution >= 0.6 is 0 Å². The van der Waals surface area contributed by atoms with Gasteiger partial charge in [-0.2, -0.15) is 0 Å². The van der Waals surface area contributed by atoms with Gasteiger partial charge in [0.2, 0.25) is 0 Å². The first-order valence-corrected chi connectivity index (χ1v) is 8.51. The summed E-state index contributed by atoms with van der Waals surface area (Å²) >= 11 is 0. The van der Waals surface area contributed by atoms with Crippen LogP contribution < -0.4 is 0 Å². The van der Waals surface area contributed by atoms with E-state index in [1.165, 1.54) is 0 Å². The second kappa shape index (κ2) is 13.0. The van der Waals surface area contributed by atoms with E-state index in [-0.39, 0.29) is 24.0 Å². The third-order valence-corrected chi connectivity index (χ3v) is 2.04. The summed E-state index contributed by atoms with van der Waals surface area (Å²) < 4.78 is 13.8. The average Bonchev–Trinajstić information content (AvgIpc) is 2.46. The third kappa shape index (κ3) is 26.1. The Morgan fingerprint density at radius 2 is 1.07 bits per heavy atom. The van der Waals surface area contributed by atoms with E-state index in [2.05, 4.69) is 28.4 Å². The van der Waals surface area contributed by atoms with Gasteiger partial charge in [-0.3, -0.25) is 0 Å². The van der Waals surface area contributed by atoms with Crippen LogP contribution in [0.15, 0.2) is 0 Å². The highest BCUT2D eigenvalue weighted by atomic mass is 16.8. The van der Waals surface area contributed by atoms with Crippen LogP contribution in [-0.2, 0) is 14.2 Å². The summed E-state index contributed by atoms with van der Waals surface area (Å²) in [6, 6.07) is 0. The summed E-state index contributed by atoms with van der Waals surface area (Å²) in [7, 11) is 0. The van der Waals surface area contributed by atoms with E-state index in [1.807, 2.05) is 41.5 Å². The van der Waals surface area contributed by atoms with Crippen molar-refractivity contribution in [1.82, 2.24) is 0 Å². The van der Waals surface area contributed by atoms with Crippen LogP contribution in [-0.4, -0.2) is 47.9 Å². The third-order valence-electron chi connectivity index (χ3n) is 2.04. The Bertz CT molecular complexity index is 518. The molecule has 0 aromatic rings. The molecule has 0 aliphatic rings. The van der Waals surface area contributed by atoms with Gasteiger partial charge >= 0.3 is 12.3 Å². The van der Waals surface area contributed by atoms with Crippen molar-refractivity contribution in [1.29, 1.82) is 0 Å². The number of aliphatic hydroxyl groups excluding tert-OH is 2. The number of ether oxygens (including phenoxy) is 3. The minimum absolute atomic E-state index is 0.172. The molecule has 0 aromatic heterocycles. The van der Waals surface area contributed by atoms with Crippen molar-refractivity contribution in [3.63, 3.8) is 0 Å². The normalized spacial score (nSPS) is 12.5. The predicted octanol–water partition coefficient (Wildman–Crippen LogP) is 3.12. The van der Waals surface area contributed by atoms with Crippen molar-refractivity contribution >= 4 is 12.3 Å². The lowest BCUT2D eigenvalue weighted by Gasteiger charge is -2.18. The second-order valence-corrected chi connectivity index (χ2v) is 8.19. The van der Waals surface area contributed by atoms with E-state index in [1.54, 1.807) is 13.8 Å². The van der Waals surface area contributed by atoms with Crippen molar-refractivity contribution in [2.75, 3.05) is 13.2 Å². The molecular weight excluding hydrogens is 352 g/mol. The molecule has 2 atom stereocenters. The summed E-state index contributed by atoms with van der Waals surface area (Å²) in [5, 5.41) is 17.2. The van der Waals surface area contributed by atoms with E-state index in [0.29, 0.717) is 0 Å². The SMILES string of the molecule is CC(C)(C)COC(=O)OC(=O)OCC(C)(C)C.CC(O)C#CC#CC(C)O. The average molecular weight is 384 g/mol. The molecular formula is C20H32O7. The Labute approximate surface area is 162 Å². The van der Waals surface area contributed by atoms with Crippen LogP contribution in [0.25, 0.3) is 0 Å². The Kier molecular flexibility index (Phi) is 13.0. The van der Waals surface area contributed by atoms with E-state index >= 15 is 0 Å². The fraction of sp³-hybridized carbons (Fsp3) is 0.700. The van der Waals surface area contributed by atoms with Crippen molar-refractivity contribution in [2.24, 2.45) is 10.8 Å². The van der Waals surface area contributed by atoms with Gasteiger partial charge in [-0.25, -0.2) is 9.59 Å². The molecule has 2 unspecified atom stereocenters. The van der Waals surface area contributed by atoms with Gasteiger partial charge in [0, 0.05) is 0 Å². The minimum Gasteiger partial charge on any atom is -0.433 e. The zero-order chi connectivity index (χ0) is 21.7. The maximum atomic E-state index is 11.1. The molecule has 2 N–H and O–H groups in total. The van der Waals surface area contributed by atoms with Gasteiger partial charge < -0.3 is 24.4 Å². The molecule has 0 bridgehead atoms. The first kappa shape index (κ1) is 27.0. The summed E-state index contributed by atoms with van der Waals surface area (Å²) in [6.07, 6.45) is -3.36. The number of aliphatic hydroxyl groups is 2. The smallest absolute Gasteiger partial charge is 0.433 e. The predicted molar refractivity (Wildman–Crippen MR) is 102 cm³/mol.